The largest absolute Gasteiger partial charge is 0.409 e. The molecule has 3 rings (SSSR count). The number of rotatable bonds is 12. The van der Waals surface area contributed by atoms with E-state index in [-0.39, 0.29) is 54.9 Å². The van der Waals surface area contributed by atoms with E-state index in [1.54, 1.807) is 0 Å². The Morgan fingerprint density at radius 1 is 0.733 bits per heavy atom. The van der Waals surface area contributed by atoms with Crippen molar-refractivity contribution in [1.29, 1.82) is 0 Å². The van der Waals surface area contributed by atoms with Crippen molar-refractivity contribution in [3.8, 4) is 5.75 Å². The maximum absolute atomic E-state index is 13.4. The standard InChI is InChI=1S/C35H55N3O4S.2ClH/c1-22(2)28-18-29(23(3)4)33(30(19-28)24(5)6)20-34(39)36-43(40,41)42-35-31(25(7)8)16-27(17-32(35)26(9)10)21-38-14-12-37(11)13-15-38;;/h16-19,22-26H,12-15,20-21H2,1-11H3,(H,36,39);2*1H. The van der Waals surface area contributed by atoms with E-state index in [1.165, 1.54) is 5.56 Å². The lowest BCUT2D eigenvalue weighted by atomic mass is 9.83. The van der Waals surface area contributed by atoms with Crippen LogP contribution in [0.15, 0.2) is 24.3 Å². The number of hydrogen-bond acceptors (Lipinski definition) is 6. The highest BCUT2D eigenvalue weighted by Gasteiger charge is 2.27. The van der Waals surface area contributed by atoms with Gasteiger partial charge in [0.05, 0.1) is 6.42 Å². The van der Waals surface area contributed by atoms with Gasteiger partial charge in [-0.25, -0.2) is 4.72 Å². The molecule has 10 heteroatoms. The topological polar surface area (TPSA) is 78.9 Å². The molecule has 0 bridgehead atoms. The fourth-order valence-corrected chi connectivity index (χ4v) is 6.63. The molecule has 7 nitrogen and oxygen atoms in total. The lowest BCUT2D eigenvalue weighted by molar-refractivity contribution is -0.118. The van der Waals surface area contributed by atoms with Crippen molar-refractivity contribution >= 4 is 41.0 Å². The normalized spacial score (nSPS) is 14.7. The van der Waals surface area contributed by atoms with Crippen molar-refractivity contribution in [2.75, 3.05) is 33.2 Å². The lowest BCUT2D eigenvalue weighted by Crippen LogP contribution is -2.43. The van der Waals surface area contributed by atoms with Crippen molar-refractivity contribution in [3.05, 3.63) is 63.2 Å². The lowest BCUT2D eigenvalue weighted by Gasteiger charge is -2.32. The average Bonchev–Trinajstić information content (AvgIpc) is 2.89. The Hall–Kier alpha value is -1.84. The minimum absolute atomic E-state index is 0. The van der Waals surface area contributed by atoms with Gasteiger partial charge < -0.3 is 9.08 Å². The molecule has 2 aromatic carbocycles. The van der Waals surface area contributed by atoms with Crippen molar-refractivity contribution < 1.29 is 17.4 Å². The SMILES string of the molecule is CC(C)c1cc(C(C)C)c(CC(=O)NS(=O)(=O)Oc2c(C(C)C)cc(CN3CCN(C)CC3)cc2C(C)C)c(C(C)C)c1.Cl.Cl. The van der Waals surface area contributed by atoms with E-state index in [1.807, 2.05) is 27.7 Å². The molecule has 1 saturated heterocycles. The molecule has 0 atom stereocenters. The molecule has 0 saturated carbocycles. The number of benzene rings is 2. The molecule has 2 aromatic rings. The first kappa shape index (κ1) is 41.2. The third-order valence-electron chi connectivity index (χ3n) is 8.47. The highest BCUT2D eigenvalue weighted by Crippen LogP contribution is 2.37. The molecular weight excluding hydrogens is 629 g/mol. The van der Waals surface area contributed by atoms with Crippen LogP contribution in [0.5, 0.6) is 5.75 Å². The van der Waals surface area contributed by atoms with Crippen LogP contribution in [0.3, 0.4) is 0 Å². The molecule has 1 N–H and O–H groups in total. The number of amides is 1. The molecule has 45 heavy (non-hydrogen) atoms. The first-order valence-corrected chi connectivity index (χ1v) is 17.4. The van der Waals surface area contributed by atoms with Crippen LogP contribution >= 0.6 is 24.8 Å². The fourth-order valence-electron chi connectivity index (χ4n) is 5.82. The van der Waals surface area contributed by atoms with Gasteiger partial charge in [0.15, 0.2) is 5.75 Å². The van der Waals surface area contributed by atoms with Crippen LogP contribution in [-0.2, 0) is 28.1 Å². The zero-order valence-electron chi connectivity index (χ0n) is 29.2. The van der Waals surface area contributed by atoms with Gasteiger partial charge in [-0.3, -0.25) is 9.69 Å². The van der Waals surface area contributed by atoms with E-state index >= 15 is 0 Å². The van der Waals surface area contributed by atoms with E-state index in [0.717, 1.165) is 66.1 Å². The maximum atomic E-state index is 13.4. The second-order valence-electron chi connectivity index (χ2n) is 13.9. The minimum Gasteiger partial charge on any atom is -0.366 e. The van der Waals surface area contributed by atoms with Gasteiger partial charge in [0, 0.05) is 32.7 Å². The summed E-state index contributed by atoms with van der Waals surface area (Å²) in [5, 5.41) is 0. The highest BCUT2D eigenvalue weighted by molar-refractivity contribution is 7.85. The Morgan fingerprint density at radius 3 is 1.58 bits per heavy atom. The summed E-state index contributed by atoms with van der Waals surface area (Å²) in [5.74, 6) is 0.547. The van der Waals surface area contributed by atoms with Gasteiger partial charge in [0.1, 0.15) is 0 Å². The Bertz CT molecular complexity index is 1330. The Balaban J connectivity index is 0.00000506. The van der Waals surface area contributed by atoms with Crippen molar-refractivity contribution in [1.82, 2.24) is 14.5 Å². The minimum atomic E-state index is -4.42. The molecule has 256 valence electrons. The Labute approximate surface area is 285 Å². The summed E-state index contributed by atoms with van der Waals surface area (Å²) in [5.41, 5.74) is 7.13. The van der Waals surface area contributed by atoms with Gasteiger partial charge in [-0.2, -0.15) is 8.42 Å². The summed E-state index contributed by atoms with van der Waals surface area (Å²) < 4.78 is 34.8. The van der Waals surface area contributed by atoms with Crippen LogP contribution in [-0.4, -0.2) is 57.4 Å². The van der Waals surface area contributed by atoms with Crippen LogP contribution in [0.2, 0.25) is 0 Å². The molecule has 1 fully saturated rings. The van der Waals surface area contributed by atoms with E-state index in [2.05, 4.69) is 87.4 Å². The van der Waals surface area contributed by atoms with Gasteiger partial charge in [0.25, 0.3) is 0 Å². The zero-order chi connectivity index (χ0) is 32.2. The van der Waals surface area contributed by atoms with Gasteiger partial charge in [-0.05, 0) is 75.6 Å². The van der Waals surface area contributed by atoms with Crippen molar-refractivity contribution in [2.24, 2.45) is 0 Å². The van der Waals surface area contributed by atoms with Crippen molar-refractivity contribution in [2.45, 2.75) is 112 Å². The summed E-state index contributed by atoms with van der Waals surface area (Å²) in [6, 6.07) is 8.48. The summed E-state index contributed by atoms with van der Waals surface area (Å²) in [6.45, 7) is 25.8. The van der Waals surface area contributed by atoms with E-state index in [9.17, 15) is 13.2 Å². The fraction of sp³-hybridized carbons (Fsp3) is 0.629. The van der Waals surface area contributed by atoms with Crippen molar-refractivity contribution in [3.63, 3.8) is 0 Å². The number of piperazine rings is 1. The second kappa shape index (κ2) is 17.4. The van der Waals surface area contributed by atoms with Gasteiger partial charge in [0.2, 0.25) is 5.91 Å². The molecule has 1 heterocycles. The average molecular weight is 687 g/mol. The first-order valence-electron chi connectivity index (χ1n) is 16.0. The van der Waals surface area contributed by atoms with Crippen LogP contribution in [0, 0.1) is 0 Å². The van der Waals surface area contributed by atoms with Crippen LogP contribution in [0.4, 0.5) is 0 Å². The van der Waals surface area contributed by atoms with E-state index in [0.29, 0.717) is 11.7 Å². The molecule has 0 unspecified atom stereocenters. The molecule has 0 radical (unpaired) electrons. The quantitative estimate of drug-likeness (QED) is 0.245. The number of nitrogens with zero attached hydrogens (tertiary/aromatic N) is 2. The smallest absolute Gasteiger partial charge is 0.366 e. The Kier molecular flexibility index (Phi) is 15.9. The third kappa shape index (κ3) is 11.1. The third-order valence-corrected chi connectivity index (χ3v) is 9.34. The highest BCUT2D eigenvalue weighted by atomic mass is 35.5. The van der Waals surface area contributed by atoms with Crippen LogP contribution in [0.1, 0.15) is 138 Å². The number of carbonyl (C=O) groups excluding carboxylic acids is 1. The summed E-state index contributed by atoms with van der Waals surface area (Å²) in [7, 11) is -2.27. The number of hydrogen-bond donors (Lipinski definition) is 1. The molecule has 0 aliphatic carbocycles. The number of carbonyl (C=O) groups is 1. The molecule has 1 aliphatic rings. The van der Waals surface area contributed by atoms with Crippen LogP contribution < -0.4 is 8.91 Å². The second-order valence-corrected chi connectivity index (χ2v) is 15.2. The number of likely N-dealkylation sites (N-methyl/N-ethyl adjacent to an activating group) is 1. The predicted octanol–water partition coefficient (Wildman–Crippen LogP) is 7.88. The zero-order valence-corrected chi connectivity index (χ0v) is 31.6. The summed E-state index contributed by atoms with van der Waals surface area (Å²) in [6.07, 6.45) is -0.0277. The maximum Gasteiger partial charge on any atom is 0.409 e. The van der Waals surface area contributed by atoms with E-state index < -0.39 is 16.2 Å². The first-order chi connectivity index (χ1) is 20.0. The summed E-state index contributed by atoms with van der Waals surface area (Å²) in [4.78, 5) is 18.1. The molecule has 1 amide bonds. The molecule has 0 spiro atoms. The van der Waals surface area contributed by atoms with Gasteiger partial charge in [-0.15, -0.1) is 24.8 Å². The molecule has 1 aliphatic heterocycles. The van der Waals surface area contributed by atoms with Crippen LogP contribution in [0.25, 0.3) is 0 Å². The predicted molar refractivity (Wildman–Crippen MR) is 192 cm³/mol. The van der Waals surface area contributed by atoms with E-state index in [4.69, 9.17) is 4.18 Å². The summed E-state index contributed by atoms with van der Waals surface area (Å²) >= 11 is 0. The number of nitrogens with one attached hydrogen (secondary N) is 1. The molecular formula is C35H57Cl2N3O4S. The Morgan fingerprint density at radius 2 is 1.18 bits per heavy atom. The van der Waals surface area contributed by atoms with Gasteiger partial charge >= 0.3 is 10.3 Å². The molecule has 0 aromatic heterocycles. The monoisotopic (exact) mass is 685 g/mol. The number of halogens is 2. The van der Waals surface area contributed by atoms with Gasteiger partial charge in [-0.1, -0.05) is 93.5 Å².